The molecule has 0 saturated carbocycles. The highest BCUT2D eigenvalue weighted by Crippen LogP contribution is 2.24. The molecule has 0 spiro atoms. The average Bonchev–Trinajstić information content (AvgIpc) is 2.73. The molecule has 3 rings (SSSR count). The van der Waals surface area contributed by atoms with Crippen LogP contribution in [0.15, 0.2) is 60.8 Å². The zero-order valence-electron chi connectivity index (χ0n) is 17.5. The Balaban J connectivity index is 2.00. The van der Waals surface area contributed by atoms with E-state index in [-0.39, 0.29) is 11.9 Å². The van der Waals surface area contributed by atoms with Crippen LogP contribution in [0, 0.1) is 6.92 Å². The second kappa shape index (κ2) is 9.32. The van der Waals surface area contributed by atoms with Crippen LogP contribution in [0.25, 0.3) is 11.4 Å². The first-order valence-corrected chi connectivity index (χ1v) is 9.98. The van der Waals surface area contributed by atoms with Gasteiger partial charge in [-0.1, -0.05) is 61.0 Å². The summed E-state index contributed by atoms with van der Waals surface area (Å²) < 4.78 is 0. The van der Waals surface area contributed by atoms with Gasteiger partial charge in [0.05, 0.1) is 0 Å². The van der Waals surface area contributed by atoms with Gasteiger partial charge in [-0.15, -0.1) is 0 Å². The van der Waals surface area contributed by atoms with E-state index in [9.17, 15) is 4.79 Å². The number of anilines is 1. The van der Waals surface area contributed by atoms with E-state index in [1.54, 1.807) is 6.20 Å². The third-order valence-electron chi connectivity index (χ3n) is 4.90. The maximum absolute atomic E-state index is 12.9. The van der Waals surface area contributed by atoms with Gasteiger partial charge in [-0.25, -0.2) is 9.97 Å². The summed E-state index contributed by atoms with van der Waals surface area (Å²) in [5.41, 5.74) is 3.72. The topological polar surface area (TPSA) is 58.1 Å². The number of carbonyl (C=O) groups excluding carboxylic acids is 1. The smallest absolute Gasteiger partial charge is 0.256 e. The van der Waals surface area contributed by atoms with E-state index < -0.39 is 0 Å². The lowest BCUT2D eigenvalue weighted by atomic mass is 10.1. The molecule has 0 aliphatic carbocycles. The summed E-state index contributed by atoms with van der Waals surface area (Å²) in [6, 6.07) is 18.3. The number of benzene rings is 2. The number of rotatable bonds is 7. The Morgan fingerprint density at radius 1 is 1.14 bits per heavy atom. The molecule has 0 radical (unpaired) electrons. The van der Waals surface area contributed by atoms with E-state index in [1.807, 2.05) is 69.1 Å². The van der Waals surface area contributed by atoms with Crippen LogP contribution in [0.5, 0.6) is 0 Å². The molecule has 0 aliphatic rings. The number of aromatic nitrogens is 2. The fourth-order valence-electron chi connectivity index (χ4n) is 3.08. The molecule has 0 aliphatic heterocycles. The van der Waals surface area contributed by atoms with Crippen LogP contribution in [-0.4, -0.2) is 29.0 Å². The standard InChI is InChI=1S/C24H28N4O/c1-5-18(3)26-24(29)21-15-25-22(20-13-9-10-17(2)14-20)27-23(21)28(4)16-19-11-7-6-8-12-19/h6-15,18H,5,16H2,1-4H3,(H,26,29)/t18-/m0/s1. The summed E-state index contributed by atoms with van der Waals surface area (Å²) in [4.78, 5) is 24.2. The van der Waals surface area contributed by atoms with Crippen molar-refractivity contribution in [3.05, 3.63) is 77.5 Å². The van der Waals surface area contributed by atoms with Crippen molar-refractivity contribution in [2.45, 2.75) is 39.8 Å². The SMILES string of the molecule is CC[C@H](C)NC(=O)c1cnc(-c2cccc(C)c2)nc1N(C)Cc1ccccc1. The molecule has 0 fully saturated rings. The predicted octanol–water partition coefficient (Wildman–Crippen LogP) is 4.62. The molecule has 0 unspecified atom stereocenters. The third-order valence-corrected chi connectivity index (χ3v) is 4.90. The minimum Gasteiger partial charge on any atom is -0.355 e. The lowest BCUT2D eigenvalue weighted by molar-refractivity contribution is 0.0939. The Morgan fingerprint density at radius 2 is 1.90 bits per heavy atom. The molecule has 2 aromatic carbocycles. The zero-order chi connectivity index (χ0) is 20.8. The molecule has 1 N–H and O–H groups in total. The minimum atomic E-state index is -0.148. The molecular formula is C24H28N4O. The van der Waals surface area contributed by atoms with E-state index in [0.29, 0.717) is 23.8 Å². The molecule has 150 valence electrons. The van der Waals surface area contributed by atoms with E-state index in [2.05, 4.69) is 28.5 Å². The van der Waals surface area contributed by atoms with Gasteiger partial charge >= 0.3 is 0 Å². The van der Waals surface area contributed by atoms with Crippen LogP contribution < -0.4 is 10.2 Å². The Kier molecular flexibility index (Phi) is 6.60. The first-order chi connectivity index (χ1) is 14.0. The van der Waals surface area contributed by atoms with Crippen LogP contribution in [0.2, 0.25) is 0 Å². The van der Waals surface area contributed by atoms with Gasteiger partial charge in [-0.2, -0.15) is 0 Å². The molecule has 1 atom stereocenters. The molecule has 0 bridgehead atoms. The monoisotopic (exact) mass is 388 g/mol. The number of amides is 1. The van der Waals surface area contributed by atoms with Crippen molar-refractivity contribution in [3.8, 4) is 11.4 Å². The van der Waals surface area contributed by atoms with Crippen molar-refractivity contribution in [1.29, 1.82) is 0 Å². The van der Waals surface area contributed by atoms with Crippen LogP contribution >= 0.6 is 0 Å². The Labute approximate surface area is 172 Å². The molecule has 5 heteroatoms. The van der Waals surface area contributed by atoms with Crippen LogP contribution in [-0.2, 0) is 6.54 Å². The summed E-state index contributed by atoms with van der Waals surface area (Å²) in [7, 11) is 1.95. The number of nitrogens with zero attached hydrogens (tertiary/aromatic N) is 3. The van der Waals surface area contributed by atoms with Crippen molar-refractivity contribution < 1.29 is 4.79 Å². The van der Waals surface area contributed by atoms with Gasteiger partial charge in [0.1, 0.15) is 11.4 Å². The third kappa shape index (κ3) is 5.19. The quantitative estimate of drug-likeness (QED) is 0.642. The average molecular weight is 389 g/mol. The Hall–Kier alpha value is -3.21. The van der Waals surface area contributed by atoms with E-state index in [0.717, 1.165) is 23.1 Å². The fraction of sp³-hybridized carbons (Fsp3) is 0.292. The van der Waals surface area contributed by atoms with Crippen molar-refractivity contribution in [1.82, 2.24) is 15.3 Å². The fourth-order valence-corrected chi connectivity index (χ4v) is 3.08. The maximum atomic E-state index is 12.9. The van der Waals surface area contributed by atoms with Crippen molar-refractivity contribution in [2.75, 3.05) is 11.9 Å². The summed E-state index contributed by atoms with van der Waals surface area (Å²) in [6.07, 6.45) is 2.50. The maximum Gasteiger partial charge on any atom is 0.256 e. The van der Waals surface area contributed by atoms with Crippen molar-refractivity contribution >= 4 is 11.7 Å². The van der Waals surface area contributed by atoms with Crippen molar-refractivity contribution in [2.24, 2.45) is 0 Å². The minimum absolute atomic E-state index is 0.0891. The molecule has 0 saturated heterocycles. The highest BCUT2D eigenvalue weighted by Gasteiger charge is 2.20. The normalized spacial score (nSPS) is 11.7. The van der Waals surface area contributed by atoms with Crippen molar-refractivity contribution in [3.63, 3.8) is 0 Å². The number of hydrogen-bond acceptors (Lipinski definition) is 4. The van der Waals surface area contributed by atoms with Gasteiger partial charge in [0.2, 0.25) is 0 Å². The van der Waals surface area contributed by atoms with Crippen LogP contribution in [0.3, 0.4) is 0 Å². The summed E-state index contributed by atoms with van der Waals surface area (Å²) in [6.45, 7) is 6.73. The molecule has 1 amide bonds. The predicted molar refractivity (Wildman–Crippen MR) is 118 cm³/mol. The van der Waals surface area contributed by atoms with Gasteiger partial charge < -0.3 is 10.2 Å². The first kappa shape index (κ1) is 20.5. The highest BCUT2D eigenvalue weighted by molar-refractivity contribution is 5.99. The zero-order valence-corrected chi connectivity index (χ0v) is 17.5. The molecule has 1 aromatic heterocycles. The Morgan fingerprint density at radius 3 is 2.59 bits per heavy atom. The van der Waals surface area contributed by atoms with Crippen LogP contribution in [0.1, 0.15) is 41.8 Å². The van der Waals surface area contributed by atoms with Gasteiger partial charge in [0, 0.05) is 31.4 Å². The molecule has 3 aromatic rings. The number of nitrogens with one attached hydrogen (secondary N) is 1. The van der Waals surface area contributed by atoms with Gasteiger partial charge in [0.25, 0.3) is 5.91 Å². The summed E-state index contributed by atoms with van der Waals surface area (Å²) in [5, 5.41) is 3.03. The summed E-state index contributed by atoms with van der Waals surface area (Å²) in [5.74, 6) is 1.09. The van der Waals surface area contributed by atoms with E-state index >= 15 is 0 Å². The molecular weight excluding hydrogens is 360 g/mol. The first-order valence-electron chi connectivity index (χ1n) is 9.98. The summed E-state index contributed by atoms with van der Waals surface area (Å²) >= 11 is 0. The Bertz CT molecular complexity index is 972. The largest absolute Gasteiger partial charge is 0.355 e. The number of hydrogen-bond donors (Lipinski definition) is 1. The second-order valence-electron chi connectivity index (χ2n) is 7.42. The lowest BCUT2D eigenvalue weighted by Crippen LogP contribution is -2.34. The highest BCUT2D eigenvalue weighted by atomic mass is 16.1. The van der Waals surface area contributed by atoms with E-state index in [1.165, 1.54) is 0 Å². The van der Waals surface area contributed by atoms with Gasteiger partial charge in [0.15, 0.2) is 5.82 Å². The number of carbonyl (C=O) groups is 1. The molecule has 5 nitrogen and oxygen atoms in total. The molecule has 29 heavy (non-hydrogen) atoms. The number of aryl methyl sites for hydroxylation is 1. The van der Waals surface area contributed by atoms with Gasteiger partial charge in [-0.05, 0) is 31.9 Å². The van der Waals surface area contributed by atoms with E-state index in [4.69, 9.17) is 4.98 Å². The molecule has 1 heterocycles. The van der Waals surface area contributed by atoms with Crippen LogP contribution in [0.4, 0.5) is 5.82 Å². The lowest BCUT2D eigenvalue weighted by Gasteiger charge is -2.22. The van der Waals surface area contributed by atoms with Gasteiger partial charge in [-0.3, -0.25) is 4.79 Å². The second-order valence-corrected chi connectivity index (χ2v) is 7.42.